The predicted molar refractivity (Wildman–Crippen MR) is 207 cm³/mol. The summed E-state index contributed by atoms with van der Waals surface area (Å²) in [7, 11) is 0.944. The number of methoxy groups -OCH3 is 1. The third-order valence-electron chi connectivity index (χ3n) is 8.90. The van der Waals surface area contributed by atoms with Crippen molar-refractivity contribution in [2.45, 2.75) is 75.2 Å². The van der Waals surface area contributed by atoms with E-state index in [9.17, 15) is 62.5 Å². The van der Waals surface area contributed by atoms with Gasteiger partial charge in [0.15, 0.2) is 0 Å². The molecule has 0 fully saturated rings. The zero-order chi connectivity index (χ0) is 45.2. The lowest BCUT2D eigenvalue weighted by atomic mass is 10.0. The number of benzene rings is 2. The van der Waals surface area contributed by atoms with Crippen LogP contribution in [0.1, 0.15) is 43.2 Å². The summed E-state index contributed by atoms with van der Waals surface area (Å²) in [6, 6.07) is 4.01. The molecule has 3 aromatic rings. The van der Waals surface area contributed by atoms with Crippen LogP contribution in [0.3, 0.4) is 0 Å². The zero-order valence-corrected chi connectivity index (χ0v) is 32.5. The number of fused-ring (bicyclic) bond motifs is 1. The maximum absolute atomic E-state index is 14.2. The van der Waals surface area contributed by atoms with E-state index < -0.39 is 128 Å². The standard InChI is InChI=1S/C38H45FN8O14/c1-61-38(60)47-28(16-32(53)54)37(59)45-25(10-12-31(51)52)34(56)42-18-29(48)43-26(14-19-5-4-6-21(39)13-19)35(57)46-27(15-20-17-41-23-8-3-2-7-22(20)23)36(58)44-24(33(40)55)9-11-30(49)50/h2-8,13,17,24-28,41H,9-12,14-16,18H2,1H3,(H2,40,55)(H,42,56)(H,43,48)(H,44,58)(H,45,59)(H,46,57)(H,47,60)(H,49,50)(H,51,52)(H,53,54). The number of halogens is 1. The fourth-order valence-electron chi connectivity index (χ4n) is 5.87. The Bertz CT molecular complexity index is 2130. The van der Waals surface area contributed by atoms with Crippen molar-refractivity contribution in [1.29, 1.82) is 0 Å². The number of para-hydroxylation sites is 1. The quantitative estimate of drug-likeness (QED) is 0.0492. The van der Waals surface area contributed by atoms with Gasteiger partial charge in [-0.2, -0.15) is 0 Å². The maximum atomic E-state index is 14.2. The average Bonchev–Trinajstić information content (AvgIpc) is 3.61. The van der Waals surface area contributed by atoms with Gasteiger partial charge in [-0.25, -0.2) is 9.18 Å². The maximum Gasteiger partial charge on any atom is 0.407 e. The van der Waals surface area contributed by atoms with Gasteiger partial charge in [0.1, 0.15) is 36.0 Å². The molecule has 2 aromatic carbocycles. The topological polar surface area (TPSA) is 355 Å². The van der Waals surface area contributed by atoms with E-state index in [0.717, 1.165) is 19.2 Å². The number of hydrogen-bond donors (Lipinski definition) is 11. The molecule has 61 heavy (non-hydrogen) atoms. The van der Waals surface area contributed by atoms with Gasteiger partial charge in [-0.15, -0.1) is 0 Å². The Morgan fingerprint density at radius 2 is 1.28 bits per heavy atom. The van der Waals surface area contributed by atoms with Gasteiger partial charge in [0.25, 0.3) is 0 Å². The number of aliphatic carboxylic acids is 3. The first-order chi connectivity index (χ1) is 28.9. The molecule has 0 saturated heterocycles. The summed E-state index contributed by atoms with van der Waals surface area (Å²) in [5.74, 6) is -11.2. The van der Waals surface area contributed by atoms with E-state index >= 15 is 0 Å². The Hall–Kier alpha value is -7.59. The Balaban J connectivity index is 1.86. The van der Waals surface area contributed by atoms with Gasteiger partial charge in [0, 0.05) is 42.8 Å². The summed E-state index contributed by atoms with van der Waals surface area (Å²) >= 11 is 0. The van der Waals surface area contributed by atoms with Crippen LogP contribution in [-0.2, 0) is 60.7 Å². The Morgan fingerprint density at radius 3 is 1.89 bits per heavy atom. The highest BCUT2D eigenvalue weighted by molar-refractivity contribution is 5.97. The smallest absolute Gasteiger partial charge is 0.407 e. The monoisotopic (exact) mass is 856 g/mol. The van der Waals surface area contributed by atoms with Gasteiger partial charge in [-0.1, -0.05) is 30.3 Å². The van der Waals surface area contributed by atoms with E-state index in [0.29, 0.717) is 16.5 Å². The zero-order valence-electron chi connectivity index (χ0n) is 32.5. The number of alkyl carbamates (subject to hydrolysis) is 1. The normalized spacial score (nSPS) is 13.2. The van der Waals surface area contributed by atoms with Crippen molar-refractivity contribution in [1.82, 2.24) is 36.9 Å². The van der Waals surface area contributed by atoms with Crippen LogP contribution in [0.4, 0.5) is 9.18 Å². The second-order valence-electron chi connectivity index (χ2n) is 13.5. The average molecular weight is 857 g/mol. The lowest BCUT2D eigenvalue weighted by Crippen LogP contribution is -2.58. The number of primary amides is 1. The van der Waals surface area contributed by atoms with E-state index in [1.54, 1.807) is 30.5 Å². The minimum absolute atomic E-state index is 0.200. The third kappa shape index (κ3) is 15.9. The Labute approximate surface area is 345 Å². The number of carboxylic acids is 3. The van der Waals surface area contributed by atoms with Crippen molar-refractivity contribution >= 4 is 70.3 Å². The summed E-state index contributed by atoms with van der Waals surface area (Å²) in [4.78, 5) is 128. The first-order valence-corrected chi connectivity index (χ1v) is 18.4. The van der Waals surface area contributed by atoms with Gasteiger partial charge >= 0.3 is 24.0 Å². The minimum atomic E-state index is -1.76. The summed E-state index contributed by atoms with van der Waals surface area (Å²) in [5.41, 5.74) is 6.84. The molecule has 0 aliphatic rings. The molecule has 0 saturated carbocycles. The second-order valence-corrected chi connectivity index (χ2v) is 13.5. The van der Waals surface area contributed by atoms with Crippen LogP contribution in [0.5, 0.6) is 0 Å². The van der Waals surface area contributed by atoms with Crippen molar-refractivity contribution in [2.24, 2.45) is 5.73 Å². The van der Waals surface area contributed by atoms with Crippen molar-refractivity contribution < 1.29 is 72.4 Å². The molecular weight excluding hydrogens is 811 g/mol. The molecular formula is C38H45FN8O14. The van der Waals surface area contributed by atoms with Gasteiger partial charge in [0.05, 0.1) is 20.1 Å². The lowest BCUT2D eigenvalue weighted by Gasteiger charge is -2.25. The largest absolute Gasteiger partial charge is 0.481 e. The fraction of sp³-hybridized carbons (Fsp3) is 0.368. The number of nitrogens with one attached hydrogen (secondary N) is 7. The lowest BCUT2D eigenvalue weighted by molar-refractivity contribution is -0.140. The Kier molecular flexibility index (Phi) is 18.1. The van der Waals surface area contributed by atoms with Crippen molar-refractivity contribution in [3.8, 4) is 0 Å². The number of carbonyl (C=O) groups excluding carboxylic acids is 7. The number of amides is 7. The number of rotatable bonds is 24. The molecule has 0 aliphatic heterocycles. The van der Waals surface area contributed by atoms with Crippen LogP contribution in [-0.4, -0.2) is 124 Å². The summed E-state index contributed by atoms with van der Waals surface area (Å²) in [5, 5.41) is 41.8. The number of ether oxygens (including phenoxy) is 1. The highest BCUT2D eigenvalue weighted by atomic mass is 19.1. The number of aromatic amines is 1. The van der Waals surface area contributed by atoms with E-state index in [1.165, 1.54) is 12.1 Å². The predicted octanol–water partition coefficient (Wildman–Crippen LogP) is -1.44. The number of aromatic nitrogens is 1. The number of carboxylic acid groups (broad SMARTS) is 3. The minimum Gasteiger partial charge on any atom is -0.481 e. The van der Waals surface area contributed by atoms with E-state index in [-0.39, 0.29) is 24.8 Å². The SMILES string of the molecule is COC(=O)NC(CC(=O)O)C(=O)NC(CCC(=O)O)C(=O)NCC(=O)NC(Cc1cccc(F)c1)C(=O)NC(Cc1c[nH]c2ccccc12)C(=O)NC(CCC(=O)O)C(N)=O. The molecule has 12 N–H and O–H groups in total. The van der Waals surface area contributed by atoms with Crippen molar-refractivity contribution in [3.63, 3.8) is 0 Å². The van der Waals surface area contributed by atoms with Gasteiger partial charge in [0.2, 0.25) is 35.4 Å². The molecule has 1 heterocycles. The molecule has 5 unspecified atom stereocenters. The summed E-state index contributed by atoms with van der Waals surface area (Å²) in [6.45, 7) is -0.896. The van der Waals surface area contributed by atoms with Crippen LogP contribution in [0.25, 0.3) is 10.9 Å². The molecule has 0 bridgehead atoms. The first kappa shape index (κ1) is 47.8. The number of H-pyrrole nitrogens is 1. The van der Waals surface area contributed by atoms with Crippen molar-refractivity contribution in [3.05, 3.63) is 71.7 Å². The van der Waals surface area contributed by atoms with Gasteiger partial charge < -0.3 is 62.7 Å². The molecule has 23 heteroatoms. The molecule has 0 aliphatic carbocycles. The summed E-state index contributed by atoms with van der Waals surface area (Å²) < 4.78 is 18.6. The van der Waals surface area contributed by atoms with Gasteiger partial charge in [-0.3, -0.25) is 43.2 Å². The van der Waals surface area contributed by atoms with Crippen LogP contribution < -0.4 is 37.6 Å². The third-order valence-corrected chi connectivity index (χ3v) is 8.90. The molecule has 1 aromatic heterocycles. The van der Waals surface area contributed by atoms with E-state index in [1.807, 2.05) is 5.32 Å². The van der Waals surface area contributed by atoms with Gasteiger partial charge in [-0.05, 0) is 42.2 Å². The number of hydrogen-bond acceptors (Lipinski definition) is 11. The first-order valence-electron chi connectivity index (χ1n) is 18.4. The van der Waals surface area contributed by atoms with Crippen LogP contribution in [0.2, 0.25) is 0 Å². The molecule has 0 radical (unpaired) electrons. The van der Waals surface area contributed by atoms with E-state index in [4.69, 9.17) is 10.8 Å². The highest BCUT2D eigenvalue weighted by Gasteiger charge is 2.32. The second kappa shape index (κ2) is 23.1. The fourth-order valence-corrected chi connectivity index (χ4v) is 5.87. The molecule has 3 rings (SSSR count). The molecule has 22 nitrogen and oxygen atoms in total. The van der Waals surface area contributed by atoms with Crippen molar-refractivity contribution in [2.75, 3.05) is 13.7 Å². The molecule has 0 spiro atoms. The molecule has 5 atom stereocenters. The molecule has 7 amide bonds. The number of carbonyl (C=O) groups is 10. The highest BCUT2D eigenvalue weighted by Crippen LogP contribution is 2.20. The van der Waals surface area contributed by atoms with Crippen LogP contribution in [0, 0.1) is 5.82 Å². The van der Waals surface area contributed by atoms with E-state index in [2.05, 4.69) is 36.3 Å². The molecule has 328 valence electrons. The summed E-state index contributed by atoms with van der Waals surface area (Å²) in [6.07, 6.45) is -3.26. The Morgan fingerprint density at radius 1 is 0.689 bits per heavy atom. The van der Waals surface area contributed by atoms with Crippen LogP contribution >= 0.6 is 0 Å². The van der Waals surface area contributed by atoms with Crippen LogP contribution in [0.15, 0.2) is 54.7 Å². The number of nitrogens with two attached hydrogens (primary N) is 1.